The molecule has 2 N–H and O–H groups in total. The van der Waals surface area contributed by atoms with Gasteiger partial charge in [0.15, 0.2) is 0 Å². The smallest absolute Gasteiger partial charge is 0.262 e. The number of benzene rings is 2. The first kappa shape index (κ1) is 18.2. The highest BCUT2D eigenvalue weighted by Gasteiger charge is 2.28. The van der Waals surface area contributed by atoms with Crippen molar-refractivity contribution in [2.45, 2.75) is 30.2 Å². The Morgan fingerprint density at radius 2 is 1.88 bits per heavy atom. The van der Waals surface area contributed by atoms with Gasteiger partial charge in [0.2, 0.25) is 0 Å². The van der Waals surface area contributed by atoms with Gasteiger partial charge in [-0.1, -0.05) is 0 Å². The summed E-state index contributed by atoms with van der Waals surface area (Å²) in [6.45, 7) is 0. The second-order valence-corrected chi connectivity index (χ2v) is 7.90. The first-order chi connectivity index (χ1) is 12.5. The van der Waals surface area contributed by atoms with Crippen LogP contribution < -0.4 is 14.8 Å². The molecular weight excluding hydrogens is 350 g/mol. The molecule has 7 heteroatoms. The number of fused-ring (bicyclic) bond motifs is 1. The molecule has 1 aliphatic carbocycles. The highest BCUT2D eigenvalue weighted by Crippen LogP contribution is 2.35. The number of nitrogens with one attached hydrogen (secondary N) is 2. The topological polar surface area (TPSA) is 91.2 Å². The van der Waals surface area contributed by atoms with E-state index in [2.05, 4.69) is 10.0 Å². The van der Waals surface area contributed by atoms with Crippen LogP contribution in [0.15, 0.2) is 41.3 Å². The molecule has 2 aromatic carbocycles. The van der Waals surface area contributed by atoms with E-state index in [1.54, 1.807) is 43.5 Å². The largest absolute Gasteiger partial charge is 0.496 e. The van der Waals surface area contributed by atoms with Crippen molar-refractivity contribution in [1.82, 2.24) is 5.32 Å². The van der Waals surface area contributed by atoms with Gasteiger partial charge in [-0.15, -0.1) is 0 Å². The summed E-state index contributed by atoms with van der Waals surface area (Å²) in [6, 6.07) is 12.0. The molecule has 3 rings (SSSR count). The summed E-state index contributed by atoms with van der Waals surface area (Å²) in [5.74, 6) is 0.720. The summed E-state index contributed by atoms with van der Waals surface area (Å²) in [5, 5.41) is 12.1. The highest BCUT2D eigenvalue weighted by atomic mass is 32.2. The maximum absolute atomic E-state index is 12.9. The predicted octanol–water partition coefficient (Wildman–Crippen LogP) is 2.44. The van der Waals surface area contributed by atoms with E-state index in [4.69, 9.17) is 10.00 Å². The Bertz CT molecular complexity index is 947. The summed E-state index contributed by atoms with van der Waals surface area (Å²) in [6.07, 6.45) is 2.27. The fourth-order valence-electron chi connectivity index (χ4n) is 3.33. The van der Waals surface area contributed by atoms with Crippen molar-refractivity contribution >= 4 is 15.7 Å². The fourth-order valence-corrected chi connectivity index (χ4v) is 4.68. The van der Waals surface area contributed by atoms with Crippen molar-refractivity contribution in [3.05, 3.63) is 53.1 Å². The van der Waals surface area contributed by atoms with Crippen LogP contribution >= 0.6 is 0 Å². The number of likely N-dealkylation sites (N-methyl/N-ethyl adjacent to an activating group) is 1. The van der Waals surface area contributed by atoms with Crippen LogP contribution in [0.2, 0.25) is 0 Å². The number of hydrogen-bond donors (Lipinski definition) is 2. The average Bonchev–Trinajstić information content (AvgIpc) is 2.66. The Labute approximate surface area is 153 Å². The zero-order chi connectivity index (χ0) is 18.7. The van der Waals surface area contributed by atoms with Crippen LogP contribution in [-0.4, -0.2) is 28.6 Å². The normalized spacial score (nSPS) is 16.4. The minimum absolute atomic E-state index is 0.284. The zero-order valence-electron chi connectivity index (χ0n) is 14.7. The maximum Gasteiger partial charge on any atom is 0.262 e. The van der Waals surface area contributed by atoms with Gasteiger partial charge in [0.25, 0.3) is 10.0 Å². The van der Waals surface area contributed by atoms with Gasteiger partial charge in [-0.25, -0.2) is 8.42 Å². The molecule has 0 amide bonds. The van der Waals surface area contributed by atoms with E-state index in [0.717, 1.165) is 29.7 Å². The number of anilines is 1. The first-order valence-electron chi connectivity index (χ1n) is 8.37. The van der Waals surface area contributed by atoms with Crippen LogP contribution in [0.4, 0.5) is 5.69 Å². The standard InChI is InChI=1S/C19H21N3O3S/c1-21-15-7-8-16-17(11-15)18(25-2)9-10-19(16)26(23,24)22-14-5-3-13(12-20)4-6-14/h3-6,9-10,15,21-22H,7-8,11H2,1-2H3/t15-/m0/s1. The van der Waals surface area contributed by atoms with Crippen LogP contribution in [0.1, 0.15) is 23.1 Å². The molecule has 0 bridgehead atoms. The summed E-state index contributed by atoms with van der Waals surface area (Å²) in [7, 11) is -0.222. The summed E-state index contributed by atoms with van der Waals surface area (Å²) in [4.78, 5) is 0.284. The Balaban J connectivity index is 1.98. The predicted molar refractivity (Wildman–Crippen MR) is 99.8 cm³/mol. The number of hydrogen-bond acceptors (Lipinski definition) is 5. The molecule has 0 heterocycles. The molecule has 0 saturated carbocycles. The Hall–Kier alpha value is -2.56. The van der Waals surface area contributed by atoms with Crippen LogP contribution in [0, 0.1) is 11.3 Å². The fraction of sp³-hybridized carbons (Fsp3) is 0.316. The van der Waals surface area contributed by atoms with E-state index >= 15 is 0 Å². The lowest BCUT2D eigenvalue weighted by Crippen LogP contribution is -2.32. The van der Waals surface area contributed by atoms with E-state index in [9.17, 15) is 8.42 Å². The number of rotatable bonds is 5. The van der Waals surface area contributed by atoms with Crippen LogP contribution in [-0.2, 0) is 22.9 Å². The summed E-state index contributed by atoms with van der Waals surface area (Å²) in [5.41, 5.74) is 2.67. The van der Waals surface area contributed by atoms with E-state index < -0.39 is 10.0 Å². The van der Waals surface area contributed by atoms with Gasteiger partial charge in [-0.3, -0.25) is 4.72 Å². The number of nitriles is 1. The molecule has 2 aromatic rings. The molecule has 1 atom stereocenters. The van der Waals surface area contributed by atoms with Crippen LogP contribution in [0.25, 0.3) is 0 Å². The van der Waals surface area contributed by atoms with Gasteiger partial charge >= 0.3 is 0 Å². The molecule has 0 aromatic heterocycles. The average molecular weight is 371 g/mol. The van der Waals surface area contributed by atoms with Crippen LogP contribution in [0.3, 0.4) is 0 Å². The summed E-state index contributed by atoms with van der Waals surface area (Å²) < 4.78 is 33.9. The van der Waals surface area contributed by atoms with Crippen molar-refractivity contribution in [3.63, 3.8) is 0 Å². The third-order valence-corrected chi connectivity index (χ3v) is 6.19. The Morgan fingerprint density at radius 1 is 1.15 bits per heavy atom. The Kier molecular flexibility index (Phi) is 5.16. The second kappa shape index (κ2) is 7.36. The molecule has 0 fully saturated rings. The lowest BCUT2D eigenvalue weighted by molar-refractivity contribution is 0.397. The van der Waals surface area contributed by atoms with E-state index in [1.165, 1.54) is 0 Å². The van der Waals surface area contributed by atoms with Gasteiger partial charge in [0, 0.05) is 17.3 Å². The van der Waals surface area contributed by atoms with Crippen molar-refractivity contribution in [2.75, 3.05) is 18.9 Å². The lowest BCUT2D eigenvalue weighted by atomic mass is 9.87. The van der Waals surface area contributed by atoms with Gasteiger partial charge in [0.05, 0.1) is 23.6 Å². The van der Waals surface area contributed by atoms with Crippen molar-refractivity contribution in [2.24, 2.45) is 0 Å². The minimum atomic E-state index is -3.73. The number of sulfonamides is 1. The number of nitrogens with zero attached hydrogens (tertiary/aromatic N) is 1. The van der Waals surface area contributed by atoms with Crippen molar-refractivity contribution in [1.29, 1.82) is 5.26 Å². The van der Waals surface area contributed by atoms with E-state index in [0.29, 0.717) is 23.7 Å². The molecular formula is C19H21N3O3S. The van der Waals surface area contributed by atoms with Gasteiger partial charge < -0.3 is 10.1 Å². The van der Waals surface area contributed by atoms with Gasteiger partial charge in [-0.2, -0.15) is 5.26 Å². The lowest BCUT2D eigenvalue weighted by Gasteiger charge is -2.27. The summed E-state index contributed by atoms with van der Waals surface area (Å²) >= 11 is 0. The molecule has 0 radical (unpaired) electrons. The SMILES string of the molecule is CN[C@H]1CCc2c(S(=O)(=O)Nc3ccc(C#N)cc3)ccc(OC)c2C1. The molecule has 26 heavy (non-hydrogen) atoms. The molecule has 6 nitrogen and oxygen atoms in total. The third-order valence-electron chi connectivity index (χ3n) is 4.72. The quantitative estimate of drug-likeness (QED) is 0.842. The van der Waals surface area contributed by atoms with Crippen molar-refractivity contribution < 1.29 is 13.2 Å². The first-order valence-corrected chi connectivity index (χ1v) is 9.86. The molecule has 0 aliphatic heterocycles. The second-order valence-electron chi connectivity index (χ2n) is 6.25. The molecule has 1 aliphatic rings. The van der Waals surface area contributed by atoms with Crippen molar-refractivity contribution in [3.8, 4) is 11.8 Å². The van der Waals surface area contributed by atoms with E-state index in [-0.39, 0.29) is 4.90 Å². The van der Waals surface area contributed by atoms with Gasteiger partial charge in [-0.05, 0) is 68.3 Å². The Morgan fingerprint density at radius 3 is 2.50 bits per heavy atom. The molecule has 136 valence electrons. The maximum atomic E-state index is 12.9. The van der Waals surface area contributed by atoms with Crippen LogP contribution in [0.5, 0.6) is 5.75 Å². The molecule has 0 saturated heterocycles. The number of ether oxygens (including phenoxy) is 1. The van der Waals surface area contributed by atoms with E-state index in [1.807, 2.05) is 13.1 Å². The molecule has 0 spiro atoms. The highest BCUT2D eigenvalue weighted by molar-refractivity contribution is 7.92. The third kappa shape index (κ3) is 3.52. The molecule has 0 unspecified atom stereocenters. The monoisotopic (exact) mass is 371 g/mol. The van der Waals surface area contributed by atoms with Gasteiger partial charge in [0.1, 0.15) is 5.75 Å². The zero-order valence-corrected chi connectivity index (χ0v) is 15.6. The minimum Gasteiger partial charge on any atom is -0.496 e. The number of methoxy groups -OCH3 is 1.